The Kier molecular flexibility index (Phi) is 8.23. The number of hydrogen-bond acceptors (Lipinski definition) is 6. The Labute approximate surface area is 208 Å². The number of benzene rings is 1. The van der Waals surface area contributed by atoms with Crippen LogP contribution in [-0.4, -0.2) is 74.7 Å². The van der Waals surface area contributed by atoms with Crippen molar-refractivity contribution in [3.63, 3.8) is 0 Å². The standard InChI is InChI=1S/C27H39N5O3/c1-21(23-8-4-3-5-9-23)16-25(33)31-14-10-27(35,11-15-31)19-32-20-28-24(17-26(32)34)29-22(2)18-30-12-6-7-13-30/h3-5,8-9,17,20-22,29,35H,6-7,10-16,18-19H2,1-2H3. The average molecular weight is 482 g/mol. The smallest absolute Gasteiger partial charge is 0.255 e. The molecule has 8 nitrogen and oxygen atoms in total. The predicted molar refractivity (Wildman–Crippen MR) is 137 cm³/mol. The first-order valence-corrected chi connectivity index (χ1v) is 12.9. The number of carbonyl (C=O) groups excluding carboxylic acids is 1. The lowest BCUT2D eigenvalue weighted by Crippen LogP contribution is -2.49. The first-order chi connectivity index (χ1) is 16.8. The van der Waals surface area contributed by atoms with E-state index in [-0.39, 0.29) is 30.0 Å². The highest BCUT2D eigenvalue weighted by Crippen LogP contribution is 2.26. The number of rotatable bonds is 9. The lowest BCUT2D eigenvalue weighted by Gasteiger charge is -2.38. The monoisotopic (exact) mass is 481 g/mol. The van der Waals surface area contributed by atoms with E-state index in [2.05, 4.69) is 29.0 Å². The normalized spacial score (nSPS) is 19.9. The van der Waals surface area contributed by atoms with Crippen molar-refractivity contribution in [3.05, 3.63) is 58.6 Å². The molecule has 190 valence electrons. The fourth-order valence-electron chi connectivity index (χ4n) is 5.21. The number of anilines is 1. The lowest BCUT2D eigenvalue weighted by molar-refractivity contribution is -0.136. The number of nitrogens with one attached hydrogen (secondary N) is 1. The van der Waals surface area contributed by atoms with E-state index in [4.69, 9.17) is 0 Å². The number of nitrogens with zero attached hydrogens (tertiary/aromatic N) is 4. The van der Waals surface area contributed by atoms with Crippen molar-refractivity contribution in [2.24, 2.45) is 0 Å². The molecule has 2 saturated heterocycles. The van der Waals surface area contributed by atoms with Gasteiger partial charge in [-0.3, -0.25) is 14.2 Å². The zero-order valence-corrected chi connectivity index (χ0v) is 21.0. The Bertz CT molecular complexity index is 1030. The molecule has 2 aliphatic rings. The summed E-state index contributed by atoms with van der Waals surface area (Å²) in [6, 6.07) is 11.8. The summed E-state index contributed by atoms with van der Waals surface area (Å²) in [5.41, 5.74) is -0.0465. The fourth-order valence-corrected chi connectivity index (χ4v) is 5.21. The molecule has 0 aliphatic carbocycles. The highest BCUT2D eigenvalue weighted by atomic mass is 16.3. The molecule has 2 N–H and O–H groups in total. The minimum absolute atomic E-state index is 0.112. The van der Waals surface area contributed by atoms with Crippen LogP contribution in [0.3, 0.4) is 0 Å². The molecular formula is C27H39N5O3. The summed E-state index contributed by atoms with van der Waals surface area (Å²) in [7, 11) is 0. The van der Waals surface area contributed by atoms with Crippen LogP contribution in [0.25, 0.3) is 0 Å². The first-order valence-electron chi connectivity index (χ1n) is 12.9. The molecule has 1 aromatic carbocycles. The van der Waals surface area contributed by atoms with E-state index < -0.39 is 5.60 Å². The van der Waals surface area contributed by atoms with Gasteiger partial charge in [-0.1, -0.05) is 37.3 Å². The predicted octanol–water partition coefficient (Wildman–Crippen LogP) is 2.69. The van der Waals surface area contributed by atoms with E-state index in [9.17, 15) is 14.7 Å². The first kappa shape index (κ1) is 25.4. The minimum atomic E-state index is -1.02. The van der Waals surface area contributed by atoms with E-state index in [0.717, 1.165) is 25.2 Å². The van der Waals surface area contributed by atoms with Gasteiger partial charge in [0.05, 0.1) is 18.5 Å². The quantitative estimate of drug-likeness (QED) is 0.572. The minimum Gasteiger partial charge on any atom is -0.388 e. The summed E-state index contributed by atoms with van der Waals surface area (Å²) in [6.07, 6.45) is 5.36. The molecule has 2 aliphatic heterocycles. The van der Waals surface area contributed by atoms with Crippen LogP contribution in [0.15, 0.2) is 47.5 Å². The van der Waals surface area contributed by atoms with Crippen LogP contribution in [0.2, 0.25) is 0 Å². The summed E-state index contributed by atoms with van der Waals surface area (Å²) in [5.74, 6) is 0.831. The third-order valence-electron chi connectivity index (χ3n) is 7.37. The van der Waals surface area contributed by atoms with Gasteiger partial charge in [-0.2, -0.15) is 0 Å². The molecule has 1 aromatic heterocycles. The van der Waals surface area contributed by atoms with E-state index in [1.807, 2.05) is 35.2 Å². The van der Waals surface area contributed by atoms with Crippen molar-refractivity contribution in [1.29, 1.82) is 0 Å². The van der Waals surface area contributed by atoms with Crippen molar-refractivity contribution in [2.45, 2.75) is 70.1 Å². The van der Waals surface area contributed by atoms with Crippen LogP contribution in [0.1, 0.15) is 57.4 Å². The van der Waals surface area contributed by atoms with Gasteiger partial charge in [0.2, 0.25) is 5.91 Å². The molecule has 0 radical (unpaired) electrons. The molecule has 1 amide bonds. The molecule has 2 unspecified atom stereocenters. The molecule has 2 aromatic rings. The van der Waals surface area contributed by atoms with Gasteiger partial charge in [-0.25, -0.2) is 4.98 Å². The highest BCUT2D eigenvalue weighted by molar-refractivity contribution is 5.77. The fraction of sp³-hybridized carbons (Fsp3) is 0.593. The maximum absolute atomic E-state index is 12.8. The Morgan fingerprint density at radius 3 is 2.46 bits per heavy atom. The van der Waals surface area contributed by atoms with Gasteiger partial charge in [0.1, 0.15) is 5.82 Å². The molecule has 0 bridgehead atoms. The zero-order valence-electron chi connectivity index (χ0n) is 21.0. The van der Waals surface area contributed by atoms with E-state index in [0.29, 0.717) is 38.2 Å². The molecule has 35 heavy (non-hydrogen) atoms. The van der Waals surface area contributed by atoms with Gasteiger partial charge in [-0.05, 0) is 57.2 Å². The Morgan fingerprint density at radius 1 is 1.11 bits per heavy atom. The van der Waals surface area contributed by atoms with Crippen LogP contribution in [0.5, 0.6) is 0 Å². The molecular weight excluding hydrogens is 442 g/mol. The summed E-state index contributed by atoms with van der Waals surface area (Å²) in [4.78, 5) is 34.2. The van der Waals surface area contributed by atoms with Crippen molar-refractivity contribution < 1.29 is 9.90 Å². The molecule has 0 saturated carbocycles. The van der Waals surface area contributed by atoms with E-state index in [1.54, 1.807) is 0 Å². The number of carbonyl (C=O) groups is 1. The van der Waals surface area contributed by atoms with Gasteiger partial charge < -0.3 is 20.2 Å². The van der Waals surface area contributed by atoms with Crippen LogP contribution < -0.4 is 10.9 Å². The lowest BCUT2D eigenvalue weighted by atomic mass is 9.90. The van der Waals surface area contributed by atoms with Crippen LogP contribution in [0.4, 0.5) is 5.82 Å². The summed E-state index contributed by atoms with van der Waals surface area (Å²) >= 11 is 0. The second-order valence-corrected chi connectivity index (χ2v) is 10.4. The van der Waals surface area contributed by atoms with Gasteiger partial charge in [0.15, 0.2) is 0 Å². The second kappa shape index (κ2) is 11.4. The third-order valence-corrected chi connectivity index (χ3v) is 7.37. The number of piperidine rings is 1. The van der Waals surface area contributed by atoms with Gasteiger partial charge in [-0.15, -0.1) is 0 Å². The number of hydrogen-bond donors (Lipinski definition) is 2. The highest BCUT2D eigenvalue weighted by Gasteiger charge is 2.35. The summed E-state index contributed by atoms with van der Waals surface area (Å²) < 4.78 is 1.48. The Balaban J connectivity index is 1.27. The number of aromatic nitrogens is 2. The largest absolute Gasteiger partial charge is 0.388 e. The maximum Gasteiger partial charge on any atom is 0.255 e. The third kappa shape index (κ3) is 6.92. The van der Waals surface area contributed by atoms with Gasteiger partial charge in [0, 0.05) is 38.2 Å². The average Bonchev–Trinajstić information content (AvgIpc) is 3.34. The molecule has 3 heterocycles. The molecule has 2 atom stereocenters. The molecule has 4 rings (SSSR count). The maximum atomic E-state index is 12.8. The number of aliphatic hydroxyl groups is 1. The Morgan fingerprint density at radius 2 is 1.80 bits per heavy atom. The van der Waals surface area contributed by atoms with Gasteiger partial charge in [0.25, 0.3) is 5.56 Å². The summed E-state index contributed by atoms with van der Waals surface area (Å²) in [5, 5.41) is 14.5. The van der Waals surface area contributed by atoms with Crippen LogP contribution in [-0.2, 0) is 11.3 Å². The van der Waals surface area contributed by atoms with Crippen molar-refractivity contribution in [1.82, 2.24) is 19.4 Å². The molecule has 8 heteroatoms. The number of likely N-dealkylation sites (tertiary alicyclic amines) is 2. The number of amides is 1. The zero-order chi connectivity index (χ0) is 24.8. The SMILES string of the molecule is CC(CN1CCCC1)Nc1cc(=O)n(CC2(O)CCN(C(=O)CC(C)c3ccccc3)CC2)cn1. The van der Waals surface area contributed by atoms with Crippen LogP contribution >= 0.6 is 0 Å². The van der Waals surface area contributed by atoms with Crippen molar-refractivity contribution in [2.75, 3.05) is 38.0 Å². The topological polar surface area (TPSA) is 90.7 Å². The van der Waals surface area contributed by atoms with E-state index >= 15 is 0 Å². The second-order valence-electron chi connectivity index (χ2n) is 10.4. The summed E-state index contributed by atoms with van der Waals surface area (Å²) in [6.45, 7) is 8.54. The van der Waals surface area contributed by atoms with Crippen molar-refractivity contribution >= 4 is 11.7 Å². The van der Waals surface area contributed by atoms with Crippen molar-refractivity contribution in [3.8, 4) is 0 Å². The molecule has 0 spiro atoms. The van der Waals surface area contributed by atoms with E-state index in [1.165, 1.54) is 29.8 Å². The Hall–Kier alpha value is -2.71. The van der Waals surface area contributed by atoms with Crippen LogP contribution in [0, 0.1) is 0 Å². The molecule has 2 fully saturated rings. The van der Waals surface area contributed by atoms with Gasteiger partial charge >= 0.3 is 0 Å².